The molecular weight excluding hydrogens is 404 g/mol. The Morgan fingerprint density at radius 3 is 2.13 bits per heavy atom. The summed E-state index contributed by atoms with van der Waals surface area (Å²) in [6.07, 6.45) is -1.75. The normalized spacial score (nSPS) is 12.3. The first-order valence-electron chi connectivity index (χ1n) is 9.80. The maximum Gasteiger partial charge on any atom is 0.303 e. The Bertz CT molecular complexity index is 880. The van der Waals surface area contributed by atoms with Crippen molar-refractivity contribution in [3.63, 3.8) is 0 Å². The Hall–Kier alpha value is -3.42. The average Bonchev–Trinajstić information content (AvgIpc) is 2.75. The summed E-state index contributed by atoms with van der Waals surface area (Å²) in [4.78, 5) is 23.4. The summed E-state index contributed by atoms with van der Waals surface area (Å²) in [7, 11) is 3.04. The van der Waals surface area contributed by atoms with Crippen molar-refractivity contribution in [1.82, 2.24) is 0 Å². The van der Waals surface area contributed by atoms with Gasteiger partial charge in [-0.25, -0.2) is 0 Å². The summed E-state index contributed by atoms with van der Waals surface area (Å²) in [5.74, 6) is 0.921. The maximum absolute atomic E-state index is 11.9. The first-order valence-corrected chi connectivity index (χ1v) is 9.80. The smallest absolute Gasteiger partial charge is 0.303 e. The predicted octanol–water partition coefficient (Wildman–Crippen LogP) is 3.72. The number of benzene rings is 2. The topological polar surface area (TPSA) is 89.5 Å². The van der Waals surface area contributed by atoms with Gasteiger partial charge in [0.15, 0.2) is 35.2 Å². The Labute approximate surface area is 182 Å². The molecule has 2 aromatic rings. The van der Waals surface area contributed by atoms with Gasteiger partial charge in [-0.05, 0) is 31.2 Å². The van der Waals surface area contributed by atoms with Crippen LogP contribution in [0.25, 0.3) is 0 Å². The predicted molar refractivity (Wildman–Crippen MR) is 113 cm³/mol. The molecule has 0 aromatic heterocycles. The molecule has 0 aliphatic carbocycles. The zero-order valence-electron chi connectivity index (χ0n) is 18.4. The second-order valence-electron chi connectivity index (χ2n) is 6.48. The van der Waals surface area contributed by atoms with Gasteiger partial charge in [0.1, 0.15) is 6.61 Å². The van der Waals surface area contributed by atoms with Gasteiger partial charge in [0, 0.05) is 19.4 Å². The zero-order chi connectivity index (χ0) is 22.8. The summed E-state index contributed by atoms with van der Waals surface area (Å²) < 4.78 is 33.2. The van der Waals surface area contributed by atoms with Gasteiger partial charge < -0.3 is 28.4 Å². The second kappa shape index (κ2) is 11.7. The van der Waals surface area contributed by atoms with Crippen molar-refractivity contribution in [2.45, 2.75) is 33.0 Å². The molecule has 0 aliphatic heterocycles. The van der Waals surface area contributed by atoms with Gasteiger partial charge in [0.05, 0.1) is 20.8 Å². The number of hydrogen-bond donors (Lipinski definition) is 0. The van der Waals surface area contributed by atoms with E-state index in [-0.39, 0.29) is 6.61 Å². The third-order valence-corrected chi connectivity index (χ3v) is 4.24. The highest BCUT2D eigenvalue weighted by atomic mass is 16.6. The van der Waals surface area contributed by atoms with Crippen molar-refractivity contribution in [3.8, 4) is 23.0 Å². The SMILES string of the molecule is CCOc1ccc(C(OC(C)=O)C(COC(C)=O)Oc2ccccc2OC)cc1OC. The van der Waals surface area contributed by atoms with E-state index < -0.39 is 24.1 Å². The van der Waals surface area contributed by atoms with Crippen molar-refractivity contribution in [2.75, 3.05) is 27.4 Å². The molecule has 0 saturated heterocycles. The number of rotatable bonds is 11. The number of ether oxygens (including phenoxy) is 6. The molecule has 0 aliphatic rings. The molecule has 8 nitrogen and oxygen atoms in total. The van der Waals surface area contributed by atoms with Crippen LogP contribution in [0.1, 0.15) is 32.4 Å². The van der Waals surface area contributed by atoms with Crippen molar-refractivity contribution < 1.29 is 38.0 Å². The standard InChI is InChI=1S/C23H28O8/c1-6-28-19-12-11-17(13-21(19)27-5)23(30-16(3)25)22(14-29-15(2)24)31-20-10-8-7-9-18(20)26-4/h7-13,22-23H,6,14H2,1-5H3. The van der Waals surface area contributed by atoms with E-state index in [2.05, 4.69) is 0 Å². The zero-order valence-corrected chi connectivity index (χ0v) is 18.4. The van der Waals surface area contributed by atoms with Crippen LogP contribution in [0, 0.1) is 0 Å². The van der Waals surface area contributed by atoms with Crippen LogP contribution < -0.4 is 18.9 Å². The number of carbonyl (C=O) groups is 2. The molecule has 0 saturated carbocycles. The highest BCUT2D eigenvalue weighted by molar-refractivity contribution is 5.67. The molecule has 0 fully saturated rings. The minimum absolute atomic E-state index is 0.152. The number of hydrogen-bond acceptors (Lipinski definition) is 8. The summed E-state index contributed by atoms with van der Waals surface area (Å²) in [5.41, 5.74) is 0.586. The molecule has 31 heavy (non-hydrogen) atoms. The van der Waals surface area contributed by atoms with Crippen molar-refractivity contribution in [3.05, 3.63) is 48.0 Å². The van der Waals surface area contributed by atoms with Gasteiger partial charge in [0.2, 0.25) is 0 Å². The fourth-order valence-electron chi connectivity index (χ4n) is 2.94. The summed E-state index contributed by atoms with van der Waals surface area (Å²) >= 11 is 0. The van der Waals surface area contributed by atoms with E-state index in [4.69, 9.17) is 28.4 Å². The lowest BCUT2D eigenvalue weighted by molar-refractivity contribution is -0.157. The maximum atomic E-state index is 11.9. The summed E-state index contributed by atoms with van der Waals surface area (Å²) in [6.45, 7) is 4.77. The lowest BCUT2D eigenvalue weighted by Gasteiger charge is -2.28. The van der Waals surface area contributed by atoms with Crippen LogP contribution in [0.15, 0.2) is 42.5 Å². The first-order chi connectivity index (χ1) is 14.9. The molecule has 168 valence electrons. The van der Waals surface area contributed by atoms with E-state index in [1.54, 1.807) is 42.5 Å². The molecule has 0 N–H and O–H groups in total. The number of esters is 2. The van der Waals surface area contributed by atoms with E-state index in [1.165, 1.54) is 28.1 Å². The molecule has 0 heterocycles. The van der Waals surface area contributed by atoms with Gasteiger partial charge >= 0.3 is 11.9 Å². The van der Waals surface area contributed by atoms with Crippen LogP contribution in [0.5, 0.6) is 23.0 Å². The summed E-state index contributed by atoms with van der Waals surface area (Å²) in [5, 5.41) is 0. The molecule has 0 radical (unpaired) electrons. The van der Waals surface area contributed by atoms with E-state index in [1.807, 2.05) is 6.92 Å². The highest BCUT2D eigenvalue weighted by Crippen LogP contribution is 2.35. The average molecular weight is 432 g/mol. The van der Waals surface area contributed by atoms with Crippen LogP contribution in [0.2, 0.25) is 0 Å². The van der Waals surface area contributed by atoms with Crippen LogP contribution in [-0.4, -0.2) is 45.5 Å². The monoisotopic (exact) mass is 432 g/mol. The highest BCUT2D eigenvalue weighted by Gasteiger charge is 2.31. The van der Waals surface area contributed by atoms with E-state index in [0.717, 1.165) is 0 Å². The Balaban J connectivity index is 2.47. The Kier molecular flexibility index (Phi) is 8.99. The van der Waals surface area contributed by atoms with Crippen molar-refractivity contribution >= 4 is 11.9 Å². The Morgan fingerprint density at radius 2 is 1.55 bits per heavy atom. The quantitative estimate of drug-likeness (QED) is 0.497. The summed E-state index contributed by atoms with van der Waals surface area (Å²) in [6, 6.07) is 12.2. The number of para-hydroxylation sites is 2. The molecule has 0 amide bonds. The van der Waals surface area contributed by atoms with Crippen molar-refractivity contribution in [2.24, 2.45) is 0 Å². The van der Waals surface area contributed by atoms with Gasteiger partial charge in [-0.3, -0.25) is 9.59 Å². The molecule has 2 unspecified atom stereocenters. The number of carbonyl (C=O) groups excluding carboxylic acids is 2. The molecule has 0 bridgehead atoms. The Morgan fingerprint density at radius 1 is 0.871 bits per heavy atom. The molecular formula is C23H28O8. The van der Waals surface area contributed by atoms with Crippen molar-refractivity contribution in [1.29, 1.82) is 0 Å². The fourth-order valence-corrected chi connectivity index (χ4v) is 2.94. The van der Waals surface area contributed by atoms with Gasteiger partial charge in [-0.2, -0.15) is 0 Å². The van der Waals surface area contributed by atoms with E-state index >= 15 is 0 Å². The fraction of sp³-hybridized carbons (Fsp3) is 0.391. The first kappa shape index (κ1) is 23.9. The molecule has 0 spiro atoms. The van der Waals surface area contributed by atoms with Gasteiger partial charge in [-0.1, -0.05) is 18.2 Å². The van der Waals surface area contributed by atoms with Gasteiger partial charge in [0.25, 0.3) is 0 Å². The van der Waals surface area contributed by atoms with Crippen LogP contribution in [0.4, 0.5) is 0 Å². The van der Waals surface area contributed by atoms with E-state index in [0.29, 0.717) is 35.2 Å². The van der Waals surface area contributed by atoms with Crippen LogP contribution in [0.3, 0.4) is 0 Å². The third-order valence-electron chi connectivity index (χ3n) is 4.24. The molecule has 2 rings (SSSR count). The van der Waals surface area contributed by atoms with Crippen LogP contribution >= 0.6 is 0 Å². The molecule has 8 heteroatoms. The minimum Gasteiger partial charge on any atom is -0.493 e. The lowest BCUT2D eigenvalue weighted by atomic mass is 10.0. The minimum atomic E-state index is -0.897. The van der Waals surface area contributed by atoms with Crippen LogP contribution in [-0.2, 0) is 19.1 Å². The van der Waals surface area contributed by atoms with Gasteiger partial charge in [-0.15, -0.1) is 0 Å². The number of methoxy groups -OCH3 is 2. The second-order valence-corrected chi connectivity index (χ2v) is 6.48. The third kappa shape index (κ3) is 6.80. The van der Waals surface area contributed by atoms with E-state index in [9.17, 15) is 9.59 Å². The molecule has 2 atom stereocenters. The molecule has 2 aromatic carbocycles. The lowest BCUT2D eigenvalue weighted by Crippen LogP contribution is -2.34. The largest absolute Gasteiger partial charge is 0.493 e.